The Bertz CT molecular complexity index is 1660. The molecular weight excluding hydrogens is 448 g/mol. The number of fused-ring (bicyclic) bond motifs is 6. The Morgan fingerprint density at radius 1 is 0.382 bits per heavy atom. The fraction of sp³-hybridized carbons (Fsp3) is 0.0625. The smallest absolute Gasteiger partial charge is 0.0358 e. The van der Waals surface area contributed by atoms with Crippen molar-refractivity contribution in [2.75, 3.05) is 0 Å². The molecular formula is C32H22S2. The first kappa shape index (κ1) is 20.0. The van der Waals surface area contributed by atoms with E-state index in [4.69, 9.17) is 0 Å². The molecule has 0 radical (unpaired) electrons. The Morgan fingerprint density at radius 3 is 1.26 bits per heavy atom. The van der Waals surface area contributed by atoms with E-state index in [1.54, 1.807) is 0 Å². The van der Waals surface area contributed by atoms with E-state index in [9.17, 15) is 0 Å². The lowest BCUT2D eigenvalue weighted by molar-refractivity contribution is 1.17. The van der Waals surface area contributed by atoms with Crippen LogP contribution in [0.5, 0.6) is 0 Å². The van der Waals surface area contributed by atoms with E-state index >= 15 is 0 Å². The van der Waals surface area contributed by atoms with E-state index in [1.807, 2.05) is 22.7 Å². The minimum atomic E-state index is 0.961. The molecule has 5 aromatic carbocycles. The molecule has 0 aliphatic heterocycles. The number of benzene rings is 5. The minimum absolute atomic E-state index is 0.961. The van der Waals surface area contributed by atoms with Crippen molar-refractivity contribution in [3.8, 4) is 0 Å². The summed E-state index contributed by atoms with van der Waals surface area (Å²) in [7, 11) is 0. The first-order chi connectivity index (χ1) is 16.8. The fourth-order valence-electron chi connectivity index (χ4n) is 5.21. The Labute approximate surface area is 206 Å². The molecule has 2 heterocycles. The molecule has 0 spiro atoms. The van der Waals surface area contributed by atoms with Gasteiger partial charge in [-0.1, -0.05) is 84.9 Å². The van der Waals surface area contributed by atoms with Crippen LogP contribution in [0.3, 0.4) is 0 Å². The Hall–Kier alpha value is -3.46. The van der Waals surface area contributed by atoms with Gasteiger partial charge >= 0.3 is 0 Å². The lowest BCUT2D eigenvalue weighted by atomic mass is 9.96. The zero-order valence-electron chi connectivity index (χ0n) is 18.6. The highest BCUT2D eigenvalue weighted by Crippen LogP contribution is 2.38. The van der Waals surface area contributed by atoms with Gasteiger partial charge in [-0.2, -0.15) is 0 Å². The van der Waals surface area contributed by atoms with Crippen LogP contribution in [0, 0.1) is 0 Å². The Balaban J connectivity index is 1.21. The molecule has 0 aliphatic carbocycles. The van der Waals surface area contributed by atoms with Gasteiger partial charge in [0, 0.05) is 40.3 Å². The van der Waals surface area contributed by atoms with Gasteiger partial charge in [-0.3, -0.25) is 0 Å². The van der Waals surface area contributed by atoms with Gasteiger partial charge in [0.2, 0.25) is 0 Å². The first-order valence-electron chi connectivity index (χ1n) is 11.7. The summed E-state index contributed by atoms with van der Waals surface area (Å²) in [5.74, 6) is 0. The minimum Gasteiger partial charge on any atom is -0.135 e. The molecule has 0 nitrogen and oxygen atoms in total. The van der Waals surface area contributed by atoms with Crippen molar-refractivity contribution in [3.05, 3.63) is 131 Å². The van der Waals surface area contributed by atoms with Gasteiger partial charge in [-0.05, 0) is 59.4 Å². The van der Waals surface area contributed by atoms with Crippen LogP contribution in [0.4, 0.5) is 0 Å². The normalized spacial score (nSPS) is 11.8. The molecule has 162 valence electrons. The third kappa shape index (κ3) is 3.34. The molecule has 7 aromatic rings. The van der Waals surface area contributed by atoms with Crippen LogP contribution < -0.4 is 0 Å². The molecule has 0 amide bonds. The van der Waals surface area contributed by atoms with Gasteiger partial charge in [0.1, 0.15) is 0 Å². The van der Waals surface area contributed by atoms with Crippen molar-refractivity contribution < 1.29 is 0 Å². The molecule has 0 bridgehead atoms. The van der Waals surface area contributed by atoms with Gasteiger partial charge in [0.05, 0.1) is 0 Å². The molecule has 0 atom stereocenters. The molecule has 34 heavy (non-hydrogen) atoms. The maximum atomic E-state index is 2.31. The van der Waals surface area contributed by atoms with Gasteiger partial charge < -0.3 is 0 Å². The lowest BCUT2D eigenvalue weighted by Gasteiger charge is -2.08. The second-order valence-electron chi connectivity index (χ2n) is 8.95. The Kier molecular flexibility index (Phi) is 4.75. The number of rotatable bonds is 4. The summed E-state index contributed by atoms with van der Waals surface area (Å²) in [4.78, 5) is 0. The molecule has 2 heteroatoms. The zero-order chi connectivity index (χ0) is 22.5. The summed E-state index contributed by atoms with van der Waals surface area (Å²) in [6.07, 6.45) is 1.92. The van der Waals surface area contributed by atoms with Crippen LogP contribution in [-0.2, 0) is 12.8 Å². The highest BCUT2D eigenvalue weighted by atomic mass is 32.1. The van der Waals surface area contributed by atoms with Crippen LogP contribution in [0.2, 0.25) is 0 Å². The van der Waals surface area contributed by atoms with Crippen molar-refractivity contribution in [1.82, 2.24) is 0 Å². The standard InChI is InChI=1S/C32H22S2/c1-3-11-27-25(9-1)31-23(7-5-13-29(31)33-27)19-21-15-17-22(18-16-21)20-24-8-6-14-30-32(24)26-10-2-4-12-28(26)34-30/h1-18H,19-20H2. The van der Waals surface area contributed by atoms with Gasteiger partial charge in [0.15, 0.2) is 0 Å². The largest absolute Gasteiger partial charge is 0.135 e. The van der Waals surface area contributed by atoms with Gasteiger partial charge in [-0.25, -0.2) is 0 Å². The monoisotopic (exact) mass is 470 g/mol. The second kappa shape index (κ2) is 8.09. The maximum Gasteiger partial charge on any atom is 0.0358 e. The van der Waals surface area contributed by atoms with Crippen molar-refractivity contribution in [1.29, 1.82) is 0 Å². The van der Waals surface area contributed by atoms with Crippen LogP contribution >= 0.6 is 22.7 Å². The summed E-state index contributed by atoms with van der Waals surface area (Å²) in [5.41, 5.74) is 5.56. The highest BCUT2D eigenvalue weighted by molar-refractivity contribution is 7.26. The fourth-order valence-corrected chi connectivity index (χ4v) is 7.51. The van der Waals surface area contributed by atoms with Crippen LogP contribution in [0.15, 0.2) is 109 Å². The maximum absolute atomic E-state index is 2.31. The van der Waals surface area contributed by atoms with Crippen molar-refractivity contribution in [2.24, 2.45) is 0 Å². The summed E-state index contributed by atoms with van der Waals surface area (Å²) < 4.78 is 5.50. The van der Waals surface area contributed by atoms with Crippen molar-refractivity contribution >= 4 is 63.0 Å². The molecule has 0 saturated heterocycles. The molecule has 0 fully saturated rings. The third-order valence-electron chi connectivity index (χ3n) is 6.79. The number of thiophene rings is 2. The van der Waals surface area contributed by atoms with Crippen LogP contribution in [0.25, 0.3) is 40.3 Å². The predicted molar refractivity (Wildman–Crippen MR) is 151 cm³/mol. The number of hydrogen-bond donors (Lipinski definition) is 0. The van der Waals surface area contributed by atoms with E-state index in [0.717, 1.165) is 12.8 Å². The van der Waals surface area contributed by atoms with Gasteiger partial charge in [-0.15, -0.1) is 22.7 Å². The summed E-state index contributed by atoms with van der Waals surface area (Å²) >= 11 is 3.79. The van der Waals surface area contributed by atoms with Crippen LogP contribution in [0.1, 0.15) is 22.3 Å². The van der Waals surface area contributed by atoms with E-state index in [2.05, 4.69) is 109 Å². The molecule has 0 N–H and O–H groups in total. The zero-order valence-corrected chi connectivity index (χ0v) is 20.3. The molecule has 7 rings (SSSR count). The summed E-state index contributed by atoms with van der Waals surface area (Å²) in [5, 5.41) is 5.60. The third-order valence-corrected chi connectivity index (χ3v) is 9.06. The number of hydrogen-bond acceptors (Lipinski definition) is 2. The van der Waals surface area contributed by atoms with E-state index < -0.39 is 0 Å². The average Bonchev–Trinajstić information content (AvgIpc) is 3.45. The molecule has 0 aliphatic rings. The summed E-state index contributed by atoms with van der Waals surface area (Å²) in [6.45, 7) is 0. The van der Waals surface area contributed by atoms with E-state index in [-0.39, 0.29) is 0 Å². The SMILES string of the molecule is c1ccc2c(c1)sc1cccc(Cc3ccc(Cc4cccc5sc6ccccc6c45)cc3)c12. The topological polar surface area (TPSA) is 0 Å². The van der Waals surface area contributed by atoms with E-state index in [1.165, 1.54) is 62.6 Å². The van der Waals surface area contributed by atoms with Crippen molar-refractivity contribution in [2.45, 2.75) is 12.8 Å². The average molecular weight is 471 g/mol. The van der Waals surface area contributed by atoms with E-state index in [0.29, 0.717) is 0 Å². The molecule has 0 unspecified atom stereocenters. The molecule has 0 saturated carbocycles. The van der Waals surface area contributed by atoms with Gasteiger partial charge in [0.25, 0.3) is 0 Å². The predicted octanol–water partition coefficient (Wildman–Crippen LogP) is 9.60. The highest BCUT2D eigenvalue weighted by Gasteiger charge is 2.11. The lowest BCUT2D eigenvalue weighted by Crippen LogP contribution is -1.92. The quantitative estimate of drug-likeness (QED) is 0.240. The first-order valence-corrected chi connectivity index (χ1v) is 13.3. The Morgan fingerprint density at radius 2 is 0.794 bits per heavy atom. The van der Waals surface area contributed by atoms with Crippen molar-refractivity contribution in [3.63, 3.8) is 0 Å². The summed E-state index contributed by atoms with van der Waals surface area (Å²) in [6, 6.07) is 40.3. The van der Waals surface area contributed by atoms with Crippen LogP contribution in [-0.4, -0.2) is 0 Å². The molecule has 2 aromatic heterocycles. The second-order valence-corrected chi connectivity index (χ2v) is 11.1.